The molecule has 6 unspecified atom stereocenters. The number of carbonyl (C=O) groups excluding carboxylic acids is 2. The molecule has 0 radical (unpaired) electrons. The molecule has 3 aliphatic rings. The highest BCUT2D eigenvalue weighted by molar-refractivity contribution is 7.89. The molecule has 1 saturated carbocycles. The second-order valence-corrected chi connectivity index (χ2v) is 19.8. The number of anilines is 2. The molecule has 4 aromatic carbocycles. The van der Waals surface area contributed by atoms with Crippen LogP contribution in [-0.4, -0.2) is 98.5 Å². The van der Waals surface area contributed by atoms with E-state index in [2.05, 4.69) is 23.3 Å². The Morgan fingerprint density at radius 3 is 2.31 bits per heavy atom. The van der Waals surface area contributed by atoms with Gasteiger partial charge in [-0.1, -0.05) is 30.1 Å². The van der Waals surface area contributed by atoms with E-state index < -0.39 is 44.7 Å². The lowest BCUT2D eigenvalue weighted by Gasteiger charge is -2.59. The lowest BCUT2D eigenvalue weighted by atomic mass is 9.55. The smallest absolute Gasteiger partial charge is 0.417 e. The molecule has 7 rings (SSSR count). The maximum absolute atomic E-state index is 15.0. The zero-order valence-corrected chi connectivity index (χ0v) is 41.5. The van der Waals surface area contributed by atoms with Gasteiger partial charge in [-0.15, -0.1) is 6.58 Å². The van der Waals surface area contributed by atoms with Crippen LogP contribution >= 0.6 is 0 Å². The standard InChI is InChI=1S/C52H61N5O14S/c1-6-27-68-52-48(56(3)72(64,65)40-21-15-36(16-22-40)53-33(2)60)31-45(55-69-32-34-13-17-37(18-14-34)57(62)63)42-28-35(11-7-9-25-58)41(12-8-10-26-59)49(50(42)52)43-29-39(20-24-46(43)71-52)70-51(61)54-44-23-19-38(66-4)30-47(44)67-5/h6,13-24,28-30,35,41,48-50,58-59H,1,7-12,25-27,31-32H2,2-5H3,(H,53,60)(H,54,61). The first-order chi connectivity index (χ1) is 34.7. The van der Waals surface area contributed by atoms with Gasteiger partial charge in [0.2, 0.25) is 21.7 Å². The molecule has 4 N–H and O–H groups in total. The summed E-state index contributed by atoms with van der Waals surface area (Å²) in [4.78, 5) is 42.4. The summed E-state index contributed by atoms with van der Waals surface area (Å²) in [5, 5.41) is 41.5. The first kappa shape index (κ1) is 53.0. The fraction of sp³-hybridized carbons (Fsp3) is 0.404. The second-order valence-electron chi connectivity index (χ2n) is 17.8. The first-order valence-corrected chi connectivity index (χ1v) is 25.1. The van der Waals surface area contributed by atoms with Crippen LogP contribution in [0.5, 0.6) is 23.0 Å². The minimum atomic E-state index is -4.38. The van der Waals surface area contributed by atoms with Crippen molar-refractivity contribution < 1.29 is 61.7 Å². The first-order valence-electron chi connectivity index (χ1n) is 23.7. The summed E-state index contributed by atoms with van der Waals surface area (Å²) in [6.45, 7) is 5.12. The van der Waals surface area contributed by atoms with Gasteiger partial charge >= 0.3 is 6.09 Å². The Morgan fingerprint density at radius 2 is 1.65 bits per heavy atom. The molecule has 0 bridgehead atoms. The number of rotatable bonds is 23. The Balaban J connectivity index is 1.39. The van der Waals surface area contributed by atoms with Crippen molar-refractivity contribution in [2.75, 3.05) is 51.7 Å². The largest absolute Gasteiger partial charge is 0.497 e. The molecule has 1 heterocycles. The number of nitrogens with one attached hydrogen (secondary N) is 2. The number of aliphatic hydroxyl groups is 2. The van der Waals surface area contributed by atoms with Crippen LogP contribution in [0.3, 0.4) is 0 Å². The quantitative estimate of drug-likeness (QED) is 0.0236. The number of nitrogens with zero attached hydrogens (tertiary/aromatic N) is 3. The molecular weight excluding hydrogens is 951 g/mol. The van der Waals surface area contributed by atoms with E-state index in [1.807, 2.05) is 0 Å². The molecule has 72 heavy (non-hydrogen) atoms. The van der Waals surface area contributed by atoms with Crippen molar-refractivity contribution in [3.05, 3.63) is 130 Å². The number of amides is 2. The Morgan fingerprint density at radius 1 is 0.944 bits per heavy atom. The van der Waals surface area contributed by atoms with Gasteiger partial charge in [-0.05, 0) is 115 Å². The zero-order valence-electron chi connectivity index (χ0n) is 40.7. The number of ether oxygens (including phenoxy) is 5. The number of aliphatic hydroxyl groups excluding tert-OH is 2. The number of non-ortho nitro benzene ring substituents is 1. The molecule has 0 spiro atoms. The van der Waals surface area contributed by atoms with E-state index in [9.17, 15) is 38.3 Å². The van der Waals surface area contributed by atoms with Gasteiger partial charge in [-0.25, -0.2) is 13.2 Å². The van der Waals surface area contributed by atoms with Crippen LogP contribution in [0.4, 0.5) is 21.9 Å². The number of methoxy groups -OCH3 is 2. The van der Waals surface area contributed by atoms with Crippen molar-refractivity contribution in [1.29, 1.82) is 0 Å². The highest BCUT2D eigenvalue weighted by Crippen LogP contribution is 2.62. The van der Waals surface area contributed by atoms with Gasteiger partial charge in [-0.3, -0.25) is 20.2 Å². The molecule has 384 valence electrons. The van der Waals surface area contributed by atoms with Gasteiger partial charge in [0.25, 0.3) is 5.69 Å². The Hall–Kier alpha value is -6.84. The third kappa shape index (κ3) is 11.6. The molecule has 1 aliphatic heterocycles. The van der Waals surface area contributed by atoms with E-state index in [4.69, 9.17) is 33.7 Å². The Bertz CT molecular complexity index is 2770. The number of nitro groups is 1. The third-order valence-corrected chi connectivity index (χ3v) is 15.2. The van der Waals surface area contributed by atoms with Crippen LogP contribution in [-0.2, 0) is 31.0 Å². The number of nitro benzene ring substituents is 1. The topological polar surface area (TPSA) is 247 Å². The van der Waals surface area contributed by atoms with Crippen LogP contribution < -0.4 is 29.6 Å². The molecule has 2 aliphatic carbocycles. The van der Waals surface area contributed by atoms with E-state index >= 15 is 0 Å². The van der Waals surface area contributed by atoms with Gasteiger partial charge in [0, 0.05) is 69.0 Å². The van der Waals surface area contributed by atoms with Crippen molar-refractivity contribution in [3.8, 4) is 23.0 Å². The summed E-state index contributed by atoms with van der Waals surface area (Å²) in [6, 6.07) is 20.5. The fourth-order valence-electron chi connectivity index (χ4n) is 10.1. The van der Waals surface area contributed by atoms with Crippen molar-refractivity contribution in [3.63, 3.8) is 0 Å². The van der Waals surface area contributed by atoms with E-state index in [0.717, 1.165) is 0 Å². The van der Waals surface area contributed by atoms with Crippen LogP contribution in [0.15, 0.2) is 119 Å². The monoisotopic (exact) mass is 1010 g/mol. The average molecular weight is 1010 g/mol. The molecule has 2 amide bonds. The number of benzene rings is 4. The average Bonchev–Trinajstić information content (AvgIpc) is 3.37. The van der Waals surface area contributed by atoms with Gasteiger partial charge in [-0.2, -0.15) is 4.31 Å². The number of allylic oxidation sites excluding steroid dienone is 1. The summed E-state index contributed by atoms with van der Waals surface area (Å²) >= 11 is 0. The predicted molar refractivity (Wildman–Crippen MR) is 268 cm³/mol. The van der Waals surface area contributed by atoms with Crippen molar-refractivity contribution in [2.24, 2.45) is 22.9 Å². The third-order valence-electron chi connectivity index (χ3n) is 13.3. The molecule has 6 atom stereocenters. The van der Waals surface area contributed by atoms with Crippen molar-refractivity contribution >= 4 is 44.8 Å². The fourth-order valence-corrected chi connectivity index (χ4v) is 11.4. The van der Waals surface area contributed by atoms with E-state index in [0.29, 0.717) is 89.6 Å². The van der Waals surface area contributed by atoms with E-state index in [1.165, 1.54) is 68.9 Å². The molecule has 4 aromatic rings. The molecular formula is C52H61N5O14S. The summed E-state index contributed by atoms with van der Waals surface area (Å²) in [6.07, 6.45) is 6.44. The summed E-state index contributed by atoms with van der Waals surface area (Å²) in [5.74, 6) is -2.36. The molecule has 0 saturated heterocycles. The Labute approximate surface area is 418 Å². The lowest BCUT2D eigenvalue weighted by Crippen LogP contribution is -2.69. The van der Waals surface area contributed by atoms with Gasteiger partial charge in [0.15, 0.2) is 0 Å². The van der Waals surface area contributed by atoms with Gasteiger partial charge in [0.05, 0.1) is 54.0 Å². The summed E-state index contributed by atoms with van der Waals surface area (Å²) < 4.78 is 62.0. The molecule has 19 nitrogen and oxygen atoms in total. The second kappa shape index (κ2) is 23.6. The summed E-state index contributed by atoms with van der Waals surface area (Å²) in [5.41, 5.74) is 3.00. The lowest BCUT2D eigenvalue weighted by molar-refractivity contribution is -0.384. The van der Waals surface area contributed by atoms with Crippen LogP contribution in [0.2, 0.25) is 0 Å². The minimum absolute atomic E-state index is 0.00743. The Kier molecular flexibility index (Phi) is 17.4. The van der Waals surface area contributed by atoms with Crippen LogP contribution in [0.1, 0.15) is 68.9 Å². The van der Waals surface area contributed by atoms with Gasteiger partial charge in [0.1, 0.15) is 29.6 Å². The highest BCUT2D eigenvalue weighted by Gasteiger charge is 2.65. The highest BCUT2D eigenvalue weighted by atomic mass is 32.2. The normalized spacial score (nSPS) is 21.6. The van der Waals surface area contributed by atoms with Gasteiger partial charge < -0.3 is 44.1 Å². The zero-order chi connectivity index (χ0) is 51.6. The molecule has 20 heteroatoms. The number of fused-ring (bicyclic) bond motifs is 2. The number of carbonyl (C=O) groups is 2. The minimum Gasteiger partial charge on any atom is -0.497 e. The number of unbranched alkanes of at least 4 members (excludes halogenated alkanes) is 2. The van der Waals surface area contributed by atoms with E-state index in [-0.39, 0.29) is 66.9 Å². The van der Waals surface area contributed by atoms with Crippen molar-refractivity contribution in [2.45, 2.75) is 81.1 Å². The number of sulfonamides is 1. The van der Waals surface area contributed by atoms with Crippen LogP contribution in [0.25, 0.3) is 0 Å². The maximum Gasteiger partial charge on any atom is 0.417 e. The maximum atomic E-state index is 15.0. The molecule has 1 fully saturated rings. The van der Waals surface area contributed by atoms with E-state index in [1.54, 1.807) is 54.6 Å². The predicted octanol–water partition coefficient (Wildman–Crippen LogP) is 8.34. The number of oxime groups is 1. The SMILES string of the molecule is C=CCOC12Oc3ccc(OC(=O)Nc4ccc(OC)cc4OC)cc3C3C(CCCCO)C(CCCCO)C=C(C(=NOCc4ccc([N+](=O)[O-])cc4)CC1N(C)S(=O)(=O)c1ccc(NC(C)=O)cc1)C32. The summed E-state index contributed by atoms with van der Waals surface area (Å²) in [7, 11) is 0.0529. The van der Waals surface area contributed by atoms with Crippen LogP contribution in [0, 0.1) is 27.9 Å². The van der Waals surface area contributed by atoms with Crippen molar-refractivity contribution in [1.82, 2.24) is 4.31 Å². The number of likely N-dealkylation sites (N-methyl/N-ethyl adjacent to an activating group) is 1. The number of hydrogen-bond donors (Lipinski definition) is 4. The number of hydrogen-bond acceptors (Lipinski definition) is 15. The molecule has 0 aromatic heterocycles.